The molecule has 1 heterocycles. The number of rotatable bonds is 6. The second-order valence-electron chi connectivity index (χ2n) is 6.36. The van der Waals surface area contributed by atoms with Crippen LogP contribution < -0.4 is 9.46 Å². The van der Waals surface area contributed by atoms with Crippen molar-refractivity contribution in [1.82, 2.24) is 9.71 Å². The Kier molecular flexibility index (Phi) is 5.58. The second-order valence-corrected chi connectivity index (χ2v) is 8.07. The Hall–Kier alpha value is -2.70. The van der Waals surface area contributed by atoms with E-state index >= 15 is 0 Å². The fourth-order valence-corrected chi connectivity index (χ4v) is 4.24. The Morgan fingerprint density at radius 3 is 2.59 bits per heavy atom. The summed E-state index contributed by atoms with van der Waals surface area (Å²) in [7, 11) is -2.00. The molecule has 1 atom stereocenters. The Morgan fingerprint density at radius 2 is 1.85 bits per heavy atom. The molecule has 0 bridgehead atoms. The van der Waals surface area contributed by atoms with Crippen molar-refractivity contribution in [2.24, 2.45) is 0 Å². The second kappa shape index (κ2) is 7.90. The molecule has 27 heavy (non-hydrogen) atoms. The van der Waals surface area contributed by atoms with E-state index in [0.717, 1.165) is 22.3 Å². The third-order valence-corrected chi connectivity index (χ3v) is 5.87. The van der Waals surface area contributed by atoms with E-state index in [0.29, 0.717) is 5.75 Å². The molecule has 1 N–H and O–H groups in total. The van der Waals surface area contributed by atoms with E-state index in [4.69, 9.17) is 4.74 Å². The monoisotopic (exact) mass is 382 g/mol. The lowest BCUT2D eigenvalue weighted by Gasteiger charge is -2.16. The molecular formula is C21H22N2O3S. The van der Waals surface area contributed by atoms with Gasteiger partial charge < -0.3 is 4.74 Å². The Morgan fingerprint density at radius 1 is 1.07 bits per heavy atom. The summed E-state index contributed by atoms with van der Waals surface area (Å²) in [6, 6.07) is 16.1. The van der Waals surface area contributed by atoms with Crippen LogP contribution in [0, 0.1) is 6.92 Å². The highest BCUT2D eigenvalue weighted by Gasteiger charge is 2.19. The van der Waals surface area contributed by atoms with Crippen LogP contribution >= 0.6 is 0 Å². The number of benzene rings is 2. The van der Waals surface area contributed by atoms with Crippen molar-refractivity contribution in [3.63, 3.8) is 0 Å². The highest BCUT2D eigenvalue weighted by atomic mass is 32.2. The van der Waals surface area contributed by atoms with E-state index in [1.807, 2.05) is 50.2 Å². The van der Waals surface area contributed by atoms with Crippen molar-refractivity contribution in [2.75, 3.05) is 7.11 Å². The summed E-state index contributed by atoms with van der Waals surface area (Å²) in [5.74, 6) is 0.669. The smallest absolute Gasteiger partial charge is 0.241 e. The summed E-state index contributed by atoms with van der Waals surface area (Å²) >= 11 is 0. The predicted octanol–water partition coefficient (Wildman–Crippen LogP) is 4.11. The summed E-state index contributed by atoms with van der Waals surface area (Å²) in [5.41, 5.74) is 3.61. The van der Waals surface area contributed by atoms with Crippen LogP contribution in [0.25, 0.3) is 11.1 Å². The number of sulfonamides is 1. The zero-order valence-corrected chi connectivity index (χ0v) is 16.3. The molecule has 0 saturated carbocycles. The normalized spacial score (nSPS) is 12.6. The van der Waals surface area contributed by atoms with E-state index < -0.39 is 10.0 Å². The standard InChI is InChI=1S/C21H22N2O3S/c1-15-6-4-9-19(12-15)27(24,25)23-16(2)17-7-5-8-18(13-17)20-10-11-22-14-21(20)26-3/h4-14,16,23H,1-3H3/t16-/m1/s1. The van der Waals surface area contributed by atoms with Gasteiger partial charge in [-0.2, -0.15) is 0 Å². The molecule has 140 valence electrons. The van der Waals surface area contributed by atoms with Gasteiger partial charge in [-0.25, -0.2) is 13.1 Å². The van der Waals surface area contributed by atoms with Gasteiger partial charge in [-0.05, 0) is 54.8 Å². The van der Waals surface area contributed by atoms with Gasteiger partial charge in [-0.3, -0.25) is 4.98 Å². The van der Waals surface area contributed by atoms with Gasteiger partial charge in [-0.1, -0.05) is 30.3 Å². The minimum atomic E-state index is -3.61. The number of ether oxygens (including phenoxy) is 1. The van der Waals surface area contributed by atoms with Gasteiger partial charge in [0.1, 0.15) is 5.75 Å². The number of pyridine rings is 1. The Balaban J connectivity index is 1.89. The van der Waals surface area contributed by atoms with Crippen LogP contribution in [0.1, 0.15) is 24.1 Å². The number of methoxy groups -OCH3 is 1. The van der Waals surface area contributed by atoms with Gasteiger partial charge in [-0.15, -0.1) is 0 Å². The molecule has 0 aliphatic heterocycles. The van der Waals surface area contributed by atoms with Gasteiger partial charge in [0.05, 0.1) is 18.2 Å². The number of nitrogens with zero attached hydrogens (tertiary/aromatic N) is 1. The van der Waals surface area contributed by atoms with Crippen molar-refractivity contribution in [3.05, 3.63) is 78.1 Å². The van der Waals surface area contributed by atoms with E-state index in [-0.39, 0.29) is 10.9 Å². The predicted molar refractivity (Wildman–Crippen MR) is 106 cm³/mol. The van der Waals surface area contributed by atoms with Crippen LogP contribution in [0.5, 0.6) is 5.75 Å². The number of hydrogen-bond acceptors (Lipinski definition) is 4. The molecule has 5 nitrogen and oxygen atoms in total. The first kappa shape index (κ1) is 19.1. The zero-order chi connectivity index (χ0) is 19.4. The molecule has 3 aromatic rings. The molecular weight excluding hydrogens is 360 g/mol. The fraction of sp³-hybridized carbons (Fsp3) is 0.190. The lowest BCUT2D eigenvalue weighted by atomic mass is 10.0. The molecule has 0 unspecified atom stereocenters. The summed E-state index contributed by atoms with van der Waals surface area (Å²) in [6.07, 6.45) is 3.36. The molecule has 0 aliphatic rings. The first-order valence-electron chi connectivity index (χ1n) is 8.58. The number of nitrogens with one attached hydrogen (secondary N) is 1. The lowest BCUT2D eigenvalue weighted by molar-refractivity contribution is 0.414. The summed E-state index contributed by atoms with van der Waals surface area (Å²) in [4.78, 5) is 4.34. The molecule has 0 amide bonds. The quantitative estimate of drug-likeness (QED) is 0.697. The Bertz CT molecular complexity index is 1050. The van der Waals surface area contributed by atoms with Crippen LogP contribution in [0.15, 0.2) is 71.9 Å². The zero-order valence-electron chi connectivity index (χ0n) is 15.5. The first-order valence-corrected chi connectivity index (χ1v) is 10.1. The summed E-state index contributed by atoms with van der Waals surface area (Å²) in [5, 5.41) is 0. The highest BCUT2D eigenvalue weighted by molar-refractivity contribution is 7.89. The first-order chi connectivity index (χ1) is 12.9. The van der Waals surface area contributed by atoms with E-state index in [1.165, 1.54) is 0 Å². The SMILES string of the molecule is COc1cnccc1-c1cccc([C@@H](C)NS(=O)(=O)c2cccc(C)c2)c1. The van der Waals surface area contributed by atoms with Crippen molar-refractivity contribution >= 4 is 10.0 Å². The third kappa shape index (κ3) is 4.35. The van der Waals surface area contributed by atoms with E-state index in [9.17, 15) is 8.42 Å². The largest absolute Gasteiger partial charge is 0.494 e. The molecule has 6 heteroatoms. The Labute approximate surface area is 160 Å². The van der Waals surface area contributed by atoms with Gasteiger partial charge in [0.2, 0.25) is 10.0 Å². The van der Waals surface area contributed by atoms with Crippen LogP contribution in [-0.4, -0.2) is 20.5 Å². The molecule has 2 aromatic carbocycles. The molecule has 0 fully saturated rings. The fourth-order valence-electron chi connectivity index (χ4n) is 2.91. The van der Waals surface area contributed by atoms with Crippen molar-refractivity contribution in [2.45, 2.75) is 24.8 Å². The minimum Gasteiger partial charge on any atom is -0.494 e. The van der Waals surface area contributed by atoms with E-state index in [2.05, 4.69) is 9.71 Å². The summed E-state index contributed by atoms with van der Waals surface area (Å²) < 4.78 is 33.5. The van der Waals surface area contributed by atoms with Crippen molar-refractivity contribution < 1.29 is 13.2 Å². The number of aromatic nitrogens is 1. The van der Waals surface area contributed by atoms with Gasteiger partial charge in [0.25, 0.3) is 0 Å². The van der Waals surface area contributed by atoms with Gasteiger partial charge in [0.15, 0.2) is 0 Å². The molecule has 0 spiro atoms. The molecule has 3 rings (SSSR count). The van der Waals surface area contributed by atoms with Crippen molar-refractivity contribution in [1.29, 1.82) is 0 Å². The maximum Gasteiger partial charge on any atom is 0.241 e. The van der Waals surface area contributed by atoms with Crippen LogP contribution in [0.2, 0.25) is 0 Å². The van der Waals surface area contributed by atoms with Gasteiger partial charge in [0, 0.05) is 17.8 Å². The molecule has 1 aromatic heterocycles. The average Bonchev–Trinajstić information content (AvgIpc) is 2.67. The number of aryl methyl sites for hydroxylation is 1. The molecule has 0 aliphatic carbocycles. The number of hydrogen-bond donors (Lipinski definition) is 1. The average molecular weight is 382 g/mol. The topological polar surface area (TPSA) is 68.3 Å². The van der Waals surface area contributed by atoms with E-state index in [1.54, 1.807) is 37.7 Å². The maximum atomic E-state index is 12.7. The third-order valence-electron chi connectivity index (χ3n) is 4.33. The maximum absolute atomic E-state index is 12.7. The van der Waals surface area contributed by atoms with Crippen molar-refractivity contribution in [3.8, 4) is 16.9 Å². The van der Waals surface area contributed by atoms with Crippen LogP contribution in [-0.2, 0) is 10.0 Å². The van der Waals surface area contributed by atoms with Crippen LogP contribution in [0.3, 0.4) is 0 Å². The highest BCUT2D eigenvalue weighted by Crippen LogP contribution is 2.30. The molecule has 0 saturated heterocycles. The molecule has 0 radical (unpaired) electrons. The van der Waals surface area contributed by atoms with Gasteiger partial charge >= 0.3 is 0 Å². The van der Waals surface area contributed by atoms with Crippen LogP contribution in [0.4, 0.5) is 0 Å². The minimum absolute atomic E-state index is 0.265. The lowest BCUT2D eigenvalue weighted by Crippen LogP contribution is -2.27. The summed E-state index contributed by atoms with van der Waals surface area (Å²) in [6.45, 7) is 3.70.